The predicted molar refractivity (Wildman–Crippen MR) is 148 cm³/mol. The first-order valence-corrected chi connectivity index (χ1v) is 14.1. The molecule has 0 aliphatic carbocycles. The van der Waals surface area contributed by atoms with Crippen molar-refractivity contribution < 1.29 is 14.1 Å². The molecule has 0 N–H and O–H groups in total. The van der Waals surface area contributed by atoms with Crippen LogP contribution in [0.3, 0.4) is 0 Å². The number of rotatable bonds is 11. The van der Waals surface area contributed by atoms with E-state index in [-0.39, 0.29) is 30.3 Å². The van der Waals surface area contributed by atoms with Crippen molar-refractivity contribution in [1.82, 2.24) is 19.9 Å². The molecule has 38 heavy (non-hydrogen) atoms. The van der Waals surface area contributed by atoms with Crippen LogP contribution in [-0.2, 0) is 16.1 Å². The molecule has 0 radical (unpaired) electrons. The molecule has 4 rings (SSSR count). The summed E-state index contributed by atoms with van der Waals surface area (Å²) in [6.45, 7) is 5.23. The summed E-state index contributed by atoms with van der Waals surface area (Å²) in [4.78, 5) is 35.6. The third kappa shape index (κ3) is 7.01. The molecule has 1 aromatic heterocycles. The second-order valence-electron chi connectivity index (χ2n) is 9.99. The van der Waals surface area contributed by atoms with Crippen LogP contribution in [0.4, 0.5) is 0 Å². The molecule has 202 valence electrons. The van der Waals surface area contributed by atoms with E-state index in [0.29, 0.717) is 29.8 Å². The van der Waals surface area contributed by atoms with Crippen LogP contribution in [0, 0.1) is 5.92 Å². The molecule has 1 saturated heterocycles. The molecule has 2 aromatic carbocycles. The number of halogens is 1. The number of carbonyl (C=O) groups is 2. The topological polar surface area (TPSA) is 79.5 Å². The molecule has 2 heterocycles. The van der Waals surface area contributed by atoms with Gasteiger partial charge in [0.05, 0.1) is 0 Å². The molecule has 8 heteroatoms. The Balaban J connectivity index is 1.53. The van der Waals surface area contributed by atoms with Gasteiger partial charge in [0.2, 0.25) is 23.5 Å². The highest BCUT2D eigenvalue weighted by Crippen LogP contribution is 2.32. The summed E-state index contributed by atoms with van der Waals surface area (Å²) in [5.74, 6) is 0.780. The maximum Gasteiger partial charge on any atom is 0.249 e. The molecule has 1 aliphatic rings. The van der Waals surface area contributed by atoms with Crippen LogP contribution in [0.25, 0.3) is 11.4 Å². The van der Waals surface area contributed by atoms with Gasteiger partial charge >= 0.3 is 0 Å². The standard InChI is InChI=1S/C30H37ClN4O3/c1-3-5-13-23(4-2)30(37)34(20-22-11-7-6-8-12-22)21-27(36)35-19-10-9-14-26(35)29-32-28(33-38-29)24-15-17-25(31)18-16-24/h6-8,11-12,15-18,23,26H,3-5,9-10,13-14,19-21H2,1-2H3. The van der Waals surface area contributed by atoms with E-state index in [1.807, 2.05) is 47.4 Å². The van der Waals surface area contributed by atoms with Crippen LogP contribution in [0.1, 0.15) is 76.3 Å². The maximum absolute atomic E-state index is 13.8. The van der Waals surface area contributed by atoms with Crippen molar-refractivity contribution in [1.29, 1.82) is 0 Å². The van der Waals surface area contributed by atoms with Crippen molar-refractivity contribution in [2.45, 2.75) is 71.4 Å². The summed E-state index contributed by atoms with van der Waals surface area (Å²) in [6, 6.07) is 16.8. The van der Waals surface area contributed by atoms with Gasteiger partial charge in [0.25, 0.3) is 0 Å². The fraction of sp³-hybridized carbons (Fsp3) is 0.467. The van der Waals surface area contributed by atoms with E-state index < -0.39 is 0 Å². The second-order valence-corrected chi connectivity index (χ2v) is 10.4. The van der Waals surface area contributed by atoms with Gasteiger partial charge in [0.1, 0.15) is 12.6 Å². The number of likely N-dealkylation sites (tertiary alicyclic amines) is 1. The number of amides is 2. The lowest BCUT2D eigenvalue weighted by Gasteiger charge is -2.35. The van der Waals surface area contributed by atoms with Crippen LogP contribution in [0.15, 0.2) is 59.1 Å². The lowest BCUT2D eigenvalue weighted by Crippen LogP contribution is -2.47. The number of unbranched alkanes of at least 4 members (excludes halogenated alkanes) is 1. The number of carbonyl (C=O) groups excluding carboxylic acids is 2. The van der Waals surface area contributed by atoms with Crippen molar-refractivity contribution in [3.05, 3.63) is 71.1 Å². The van der Waals surface area contributed by atoms with Crippen LogP contribution < -0.4 is 0 Å². The zero-order valence-electron chi connectivity index (χ0n) is 22.3. The highest BCUT2D eigenvalue weighted by molar-refractivity contribution is 6.30. The van der Waals surface area contributed by atoms with E-state index in [1.165, 1.54) is 0 Å². The quantitative estimate of drug-likeness (QED) is 0.273. The smallest absolute Gasteiger partial charge is 0.249 e. The largest absolute Gasteiger partial charge is 0.337 e. The molecule has 1 fully saturated rings. The molecule has 0 bridgehead atoms. The first kappa shape index (κ1) is 27.8. The first-order chi connectivity index (χ1) is 18.5. The Morgan fingerprint density at radius 1 is 1.11 bits per heavy atom. The van der Waals surface area contributed by atoms with Crippen LogP contribution in [0.5, 0.6) is 0 Å². The van der Waals surface area contributed by atoms with E-state index in [4.69, 9.17) is 16.1 Å². The van der Waals surface area contributed by atoms with Gasteiger partial charge in [-0.25, -0.2) is 0 Å². The summed E-state index contributed by atoms with van der Waals surface area (Å²) in [7, 11) is 0. The van der Waals surface area contributed by atoms with Crippen LogP contribution in [-0.4, -0.2) is 44.8 Å². The van der Waals surface area contributed by atoms with Crippen LogP contribution >= 0.6 is 11.6 Å². The van der Waals surface area contributed by atoms with Gasteiger partial charge in [0.15, 0.2) is 0 Å². The number of aromatic nitrogens is 2. The van der Waals surface area contributed by atoms with E-state index in [9.17, 15) is 9.59 Å². The summed E-state index contributed by atoms with van der Waals surface area (Å²) in [5, 5.41) is 4.80. The SMILES string of the molecule is CCCCC(CC)C(=O)N(CC(=O)N1CCCCC1c1nc(-c2ccc(Cl)cc2)no1)Cc1ccccc1. The first-order valence-electron chi connectivity index (χ1n) is 13.7. The molecule has 3 aromatic rings. The van der Waals surface area contributed by atoms with Gasteiger partial charge in [-0.1, -0.05) is 73.8 Å². The van der Waals surface area contributed by atoms with Gasteiger partial charge in [-0.3, -0.25) is 9.59 Å². The Morgan fingerprint density at radius 2 is 1.87 bits per heavy atom. The summed E-state index contributed by atoms with van der Waals surface area (Å²) in [6.07, 6.45) is 6.26. The van der Waals surface area contributed by atoms with Gasteiger partial charge in [-0.05, 0) is 61.9 Å². The predicted octanol–water partition coefficient (Wildman–Crippen LogP) is 6.69. The van der Waals surface area contributed by atoms with Crippen molar-refractivity contribution >= 4 is 23.4 Å². The number of piperidine rings is 1. The van der Waals surface area contributed by atoms with Crippen molar-refractivity contribution in [3.63, 3.8) is 0 Å². The lowest BCUT2D eigenvalue weighted by atomic mass is 9.97. The average molecular weight is 537 g/mol. The van der Waals surface area contributed by atoms with Crippen molar-refractivity contribution in [2.75, 3.05) is 13.1 Å². The molecule has 2 atom stereocenters. The van der Waals surface area contributed by atoms with E-state index in [2.05, 4.69) is 24.0 Å². The molecule has 0 saturated carbocycles. The molecule has 0 spiro atoms. The summed E-state index contributed by atoms with van der Waals surface area (Å²) >= 11 is 6.01. The highest BCUT2D eigenvalue weighted by Gasteiger charge is 2.34. The zero-order valence-corrected chi connectivity index (χ0v) is 23.1. The third-order valence-corrected chi connectivity index (χ3v) is 7.51. The maximum atomic E-state index is 13.8. The Kier molecular flexibility index (Phi) is 9.93. The number of nitrogens with zero attached hydrogens (tertiary/aromatic N) is 4. The monoisotopic (exact) mass is 536 g/mol. The normalized spacial score (nSPS) is 16.3. The summed E-state index contributed by atoms with van der Waals surface area (Å²) < 4.78 is 5.65. The molecule has 2 amide bonds. The van der Waals surface area contributed by atoms with Crippen molar-refractivity contribution in [3.8, 4) is 11.4 Å². The van der Waals surface area contributed by atoms with Gasteiger partial charge in [-0.2, -0.15) is 4.98 Å². The Hall–Kier alpha value is -3.19. The lowest BCUT2D eigenvalue weighted by molar-refractivity contribution is -0.146. The summed E-state index contributed by atoms with van der Waals surface area (Å²) in [5.41, 5.74) is 1.81. The molecule has 1 aliphatic heterocycles. The van der Waals surface area contributed by atoms with E-state index >= 15 is 0 Å². The highest BCUT2D eigenvalue weighted by atomic mass is 35.5. The average Bonchev–Trinajstić information content (AvgIpc) is 3.44. The van der Waals surface area contributed by atoms with Gasteiger partial charge in [-0.15, -0.1) is 0 Å². The van der Waals surface area contributed by atoms with Gasteiger partial charge in [0, 0.05) is 29.6 Å². The Morgan fingerprint density at radius 3 is 2.58 bits per heavy atom. The van der Waals surface area contributed by atoms with E-state index in [1.54, 1.807) is 17.0 Å². The number of hydrogen-bond donors (Lipinski definition) is 0. The van der Waals surface area contributed by atoms with Crippen LogP contribution in [0.2, 0.25) is 5.02 Å². The number of benzene rings is 2. The minimum atomic E-state index is -0.305. The Bertz CT molecular complexity index is 1180. The zero-order chi connectivity index (χ0) is 26.9. The minimum Gasteiger partial charge on any atom is -0.337 e. The second kappa shape index (κ2) is 13.6. The fourth-order valence-electron chi connectivity index (χ4n) is 5.05. The van der Waals surface area contributed by atoms with E-state index in [0.717, 1.165) is 56.1 Å². The minimum absolute atomic E-state index is 0.0328. The molecular weight excluding hydrogens is 500 g/mol. The third-order valence-electron chi connectivity index (χ3n) is 7.25. The van der Waals surface area contributed by atoms with Gasteiger partial charge < -0.3 is 14.3 Å². The van der Waals surface area contributed by atoms with Crippen molar-refractivity contribution in [2.24, 2.45) is 5.92 Å². The molecule has 2 unspecified atom stereocenters. The fourth-order valence-corrected chi connectivity index (χ4v) is 5.18. The molecular formula is C30H37ClN4O3. The Labute approximate surface area is 230 Å². The number of hydrogen-bond acceptors (Lipinski definition) is 5. The molecule has 7 nitrogen and oxygen atoms in total.